The summed E-state index contributed by atoms with van der Waals surface area (Å²) in [5.74, 6) is 1.77. The van der Waals surface area contributed by atoms with Crippen LogP contribution in [0.15, 0.2) is 12.1 Å². The molecule has 0 saturated carbocycles. The van der Waals surface area contributed by atoms with Crippen LogP contribution in [-0.4, -0.2) is 29.2 Å². The summed E-state index contributed by atoms with van der Waals surface area (Å²) in [7, 11) is 0. The number of hydrogen-bond acceptors (Lipinski definition) is 5. The zero-order valence-corrected chi connectivity index (χ0v) is 11.5. The lowest BCUT2D eigenvalue weighted by atomic mass is 9.94. The van der Waals surface area contributed by atoms with Gasteiger partial charge in [0, 0.05) is 11.6 Å². The van der Waals surface area contributed by atoms with Crippen molar-refractivity contribution in [3.05, 3.63) is 17.7 Å². The zero-order valence-electron chi connectivity index (χ0n) is 11.5. The van der Waals surface area contributed by atoms with Crippen molar-refractivity contribution in [2.75, 3.05) is 13.4 Å². The van der Waals surface area contributed by atoms with Gasteiger partial charge in [0.05, 0.1) is 12.2 Å². The van der Waals surface area contributed by atoms with Crippen molar-refractivity contribution in [3.63, 3.8) is 0 Å². The molecule has 0 bridgehead atoms. The SMILES string of the molecule is CC(C)C(C)(O)COc1cc2c(cc1CO)OCO2. The zero-order chi connectivity index (χ0) is 14.0. The number of fused-ring (bicyclic) bond motifs is 1. The summed E-state index contributed by atoms with van der Waals surface area (Å²) in [5, 5.41) is 19.5. The van der Waals surface area contributed by atoms with E-state index < -0.39 is 5.60 Å². The maximum Gasteiger partial charge on any atom is 0.231 e. The molecule has 1 unspecified atom stereocenters. The standard InChI is InChI=1S/C14H20O5/c1-9(2)14(3,16)7-17-11-5-13-12(18-8-19-13)4-10(11)6-15/h4-5,9,15-16H,6-8H2,1-3H3. The third kappa shape index (κ3) is 2.93. The monoisotopic (exact) mass is 268 g/mol. The molecule has 1 atom stereocenters. The fraction of sp³-hybridized carbons (Fsp3) is 0.571. The first kappa shape index (κ1) is 14.0. The maximum atomic E-state index is 10.2. The third-order valence-corrected chi connectivity index (χ3v) is 3.49. The van der Waals surface area contributed by atoms with Crippen molar-refractivity contribution in [2.24, 2.45) is 5.92 Å². The van der Waals surface area contributed by atoms with Crippen molar-refractivity contribution in [2.45, 2.75) is 33.0 Å². The van der Waals surface area contributed by atoms with Crippen LogP contribution >= 0.6 is 0 Å². The van der Waals surface area contributed by atoms with E-state index in [1.165, 1.54) is 0 Å². The van der Waals surface area contributed by atoms with Gasteiger partial charge in [0.1, 0.15) is 12.4 Å². The Labute approximate surface area is 112 Å². The van der Waals surface area contributed by atoms with E-state index in [2.05, 4.69) is 0 Å². The molecule has 0 fully saturated rings. The smallest absolute Gasteiger partial charge is 0.231 e. The first-order chi connectivity index (χ1) is 8.94. The van der Waals surface area contributed by atoms with E-state index in [1.807, 2.05) is 13.8 Å². The summed E-state index contributed by atoms with van der Waals surface area (Å²) in [6.07, 6.45) is 0. The molecule has 1 heterocycles. The van der Waals surface area contributed by atoms with Crippen molar-refractivity contribution >= 4 is 0 Å². The number of ether oxygens (including phenoxy) is 3. The summed E-state index contributed by atoms with van der Waals surface area (Å²) < 4.78 is 16.1. The first-order valence-electron chi connectivity index (χ1n) is 6.32. The van der Waals surface area contributed by atoms with Crippen LogP contribution in [0.4, 0.5) is 0 Å². The summed E-state index contributed by atoms with van der Waals surface area (Å²) in [6, 6.07) is 3.38. The van der Waals surface area contributed by atoms with Crippen LogP contribution < -0.4 is 14.2 Å². The summed E-state index contributed by atoms with van der Waals surface area (Å²) in [5.41, 5.74) is -0.313. The van der Waals surface area contributed by atoms with Gasteiger partial charge >= 0.3 is 0 Å². The van der Waals surface area contributed by atoms with Gasteiger partial charge in [-0.05, 0) is 18.9 Å². The average molecular weight is 268 g/mol. The summed E-state index contributed by atoms with van der Waals surface area (Å²) >= 11 is 0. The lowest BCUT2D eigenvalue weighted by Crippen LogP contribution is -2.37. The van der Waals surface area contributed by atoms with Gasteiger partial charge in [0.25, 0.3) is 0 Å². The lowest BCUT2D eigenvalue weighted by molar-refractivity contribution is -0.0271. The largest absolute Gasteiger partial charge is 0.490 e. The highest BCUT2D eigenvalue weighted by Gasteiger charge is 2.27. The molecule has 1 aromatic carbocycles. The molecule has 5 nitrogen and oxygen atoms in total. The molecule has 0 aliphatic carbocycles. The van der Waals surface area contributed by atoms with Crippen LogP contribution in [0.5, 0.6) is 17.2 Å². The van der Waals surface area contributed by atoms with E-state index in [-0.39, 0.29) is 25.9 Å². The van der Waals surface area contributed by atoms with Crippen molar-refractivity contribution in [1.82, 2.24) is 0 Å². The average Bonchev–Trinajstić information content (AvgIpc) is 2.81. The molecule has 1 aliphatic heterocycles. The van der Waals surface area contributed by atoms with Crippen LogP contribution in [0, 0.1) is 5.92 Å². The minimum absolute atomic E-state index is 0.0686. The Morgan fingerprint density at radius 3 is 2.53 bits per heavy atom. The Hall–Kier alpha value is -1.46. The van der Waals surface area contributed by atoms with Crippen LogP contribution in [0.1, 0.15) is 26.3 Å². The molecule has 2 N–H and O–H groups in total. The van der Waals surface area contributed by atoms with E-state index >= 15 is 0 Å². The molecule has 1 aliphatic rings. The molecule has 0 spiro atoms. The first-order valence-corrected chi connectivity index (χ1v) is 6.32. The van der Waals surface area contributed by atoms with Gasteiger partial charge in [0.2, 0.25) is 6.79 Å². The van der Waals surface area contributed by atoms with Gasteiger partial charge in [-0.25, -0.2) is 0 Å². The fourth-order valence-electron chi connectivity index (χ4n) is 1.61. The molecule has 106 valence electrons. The second-order valence-corrected chi connectivity index (χ2v) is 5.27. The van der Waals surface area contributed by atoms with Crippen LogP contribution in [0.3, 0.4) is 0 Å². The molecule has 0 radical (unpaired) electrons. The molecule has 0 aromatic heterocycles. The maximum absolute atomic E-state index is 10.2. The van der Waals surface area contributed by atoms with Gasteiger partial charge in [-0.1, -0.05) is 13.8 Å². The number of benzene rings is 1. The van der Waals surface area contributed by atoms with Crippen LogP contribution in [0.2, 0.25) is 0 Å². The number of rotatable bonds is 5. The molecule has 1 aromatic rings. The minimum atomic E-state index is -0.927. The quantitative estimate of drug-likeness (QED) is 0.850. The Morgan fingerprint density at radius 2 is 1.95 bits per heavy atom. The van der Waals surface area contributed by atoms with Gasteiger partial charge in [-0.2, -0.15) is 0 Å². The molecule has 2 rings (SSSR count). The predicted octanol–water partition coefficient (Wildman–Crippen LogP) is 1.69. The van der Waals surface area contributed by atoms with E-state index in [0.29, 0.717) is 22.8 Å². The van der Waals surface area contributed by atoms with Crippen molar-refractivity contribution in [3.8, 4) is 17.2 Å². The highest BCUT2D eigenvalue weighted by molar-refractivity contribution is 5.51. The second-order valence-electron chi connectivity index (χ2n) is 5.27. The lowest BCUT2D eigenvalue weighted by Gasteiger charge is -2.28. The van der Waals surface area contributed by atoms with Crippen molar-refractivity contribution < 1.29 is 24.4 Å². The van der Waals surface area contributed by atoms with Gasteiger partial charge in [0.15, 0.2) is 11.5 Å². The third-order valence-electron chi connectivity index (χ3n) is 3.49. The van der Waals surface area contributed by atoms with E-state index in [4.69, 9.17) is 14.2 Å². The summed E-state index contributed by atoms with van der Waals surface area (Å²) in [6.45, 7) is 5.75. The molecular weight excluding hydrogens is 248 g/mol. The van der Waals surface area contributed by atoms with Gasteiger partial charge in [-0.3, -0.25) is 0 Å². The number of aliphatic hydroxyl groups is 2. The normalized spacial score (nSPS) is 16.5. The highest BCUT2D eigenvalue weighted by Crippen LogP contribution is 2.38. The second kappa shape index (κ2) is 5.27. The van der Waals surface area contributed by atoms with Gasteiger partial charge < -0.3 is 24.4 Å². The number of hydrogen-bond donors (Lipinski definition) is 2. The summed E-state index contributed by atoms with van der Waals surface area (Å²) in [4.78, 5) is 0. The van der Waals surface area contributed by atoms with E-state index in [0.717, 1.165) is 0 Å². The Morgan fingerprint density at radius 1 is 1.32 bits per heavy atom. The molecule has 5 heteroatoms. The number of aliphatic hydroxyl groups excluding tert-OH is 1. The molecule has 0 saturated heterocycles. The Balaban J connectivity index is 2.16. The topological polar surface area (TPSA) is 68.2 Å². The van der Waals surface area contributed by atoms with E-state index in [9.17, 15) is 10.2 Å². The highest BCUT2D eigenvalue weighted by atomic mass is 16.7. The minimum Gasteiger partial charge on any atom is -0.490 e. The molecular formula is C14H20O5. The fourth-order valence-corrected chi connectivity index (χ4v) is 1.61. The van der Waals surface area contributed by atoms with E-state index in [1.54, 1.807) is 19.1 Å². The van der Waals surface area contributed by atoms with Crippen LogP contribution in [-0.2, 0) is 6.61 Å². The predicted molar refractivity (Wildman–Crippen MR) is 69.4 cm³/mol. The molecule has 0 amide bonds. The van der Waals surface area contributed by atoms with Gasteiger partial charge in [-0.15, -0.1) is 0 Å². The Bertz CT molecular complexity index is 453. The Kier molecular flexibility index (Phi) is 3.87. The van der Waals surface area contributed by atoms with Crippen molar-refractivity contribution in [1.29, 1.82) is 0 Å². The van der Waals surface area contributed by atoms with Crippen LogP contribution in [0.25, 0.3) is 0 Å². The molecule has 19 heavy (non-hydrogen) atoms.